The number of nitrogens with two attached hydrogens (primary N) is 1. The third kappa shape index (κ3) is 3.18. The second-order valence-electron chi connectivity index (χ2n) is 3.89. The molecule has 0 heterocycles. The number of rotatable bonds is 5. The number of hydrogen-bond acceptors (Lipinski definition) is 4. The van der Waals surface area contributed by atoms with E-state index in [0.717, 1.165) is 0 Å². The van der Waals surface area contributed by atoms with Crippen LogP contribution in [0, 0.1) is 0 Å². The molecule has 0 bridgehead atoms. The minimum Gasteiger partial charge on any atom is -0.399 e. The van der Waals surface area contributed by atoms with Gasteiger partial charge in [-0.15, -0.1) is 0 Å². The summed E-state index contributed by atoms with van der Waals surface area (Å²) in [5.74, 6) is 0. The van der Waals surface area contributed by atoms with Crippen LogP contribution in [0.15, 0.2) is 29.2 Å². The van der Waals surface area contributed by atoms with Gasteiger partial charge in [0.2, 0.25) is 10.0 Å². The highest BCUT2D eigenvalue weighted by atomic mass is 32.2. The van der Waals surface area contributed by atoms with E-state index < -0.39 is 10.0 Å². The summed E-state index contributed by atoms with van der Waals surface area (Å²) in [4.78, 5) is 0.233. The fraction of sp³-hybridized carbons (Fsp3) is 0.455. The van der Waals surface area contributed by atoms with Gasteiger partial charge in [0.1, 0.15) is 0 Å². The lowest BCUT2D eigenvalue weighted by Gasteiger charge is -2.23. The highest BCUT2D eigenvalue weighted by molar-refractivity contribution is 7.89. The number of benzene rings is 1. The summed E-state index contributed by atoms with van der Waals surface area (Å²) >= 11 is 0. The molecule has 1 unspecified atom stereocenters. The van der Waals surface area contributed by atoms with E-state index in [-0.39, 0.29) is 10.9 Å². The highest BCUT2D eigenvalue weighted by Crippen LogP contribution is 2.17. The maximum Gasteiger partial charge on any atom is 0.243 e. The average Bonchev–Trinajstić information content (AvgIpc) is 2.29. The van der Waals surface area contributed by atoms with Crippen molar-refractivity contribution in [1.29, 1.82) is 0 Å². The maximum atomic E-state index is 12.2. The molecule has 0 aliphatic rings. The SMILES string of the molecule is COCC(C)N(C)S(=O)(=O)c1ccc(N)cc1. The Hall–Kier alpha value is -1.11. The summed E-state index contributed by atoms with van der Waals surface area (Å²) in [5, 5.41) is 0. The number of nitrogens with zero attached hydrogens (tertiary/aromatic N) is 1. The molecule has 17 heavy (non-hydrogen) atoms. The topological polar surface area (TPSA) is 72.6 Å². The average molecular weight is 258 g/mol. The van der Waals surface area contributed by atoms with E-state index in [2.05, 4.69) is 0 Å². The monoisotopic (exact) mass is 258 g/mol. The van der Waals surface area contributed by atoms with Crippen LogP contribution in [0.25, 0.3) is 0 Å². The minimum atomic E-state index is -3.48. The molecular weight excluding hydrogens is 240 g/mol. The van der Waals surface area contributed by atoms with Crippen LogP contribution in [0.5, 0.6) is 0 Å². The second-order valence-corrected chi connectivity index (χ2v) is 5.89. The Morgan fingerprint density at radius 2 is 1.88 bits per heavy atom. The van der Waals surface area contributed by atoms with Gasteiger partial charge in [-0.25, -0.2) is 8.42 Å². The molecule has 0 spiro atoms. The number of anilines is 1. The Bertz CT molecular complexity index is 456. The van der Waals surface area contributed by atoms with Gasteiger partial charge < -0.3 is 10.5 Å². The van der Waals surface area contributed by atoms with Gasteiger partial charge in [-0.1, -0.05) is 0 Å². The van der Waals surface area contributed by atoms with E-state index in [0.29, 0.717) is 12.3 Å². The Kier molecular flexibility index (Phi) is 4.50. The lowest BCUT2D eigenvalue weighted by molar-refractivity contribution is 0.149. The van der Waals surface area contributed by atoms with E-state index in [1.54, 1.807) is 26.2 Å². The van der Waals surface area contributed by atoms with Crippen LogP contribution in [0.2, 0.25) is 0 Å². The van der Waals surface area contributed by atoms with Crippen LogP contribution in [0.3, 0.4) is 0 Å². The zero-order valence-electron chi connectivity index (χ0n) is 10.3. The van der Waals surface area contributed by atoms with Crippen LogP contribution in [-0.4, -0.2) is 39.5 Å². The van der Waals surface area contributed by atoms with E-state index in [1.807, 2.05) is 0 Å². The fourth-order valence-electron chi connectivity index (χ4n) is 1.39. The molecule has 0 amide bonds. The van der Waals surface area contributed by atoms with Crippen molar-refractivity contribution in [2.45, 2.75) is 17.9 Å². The van der Waals surface area contributed by atoms with Crippen LogP contribution < -0.4 is 5.73 Å². The van der Waals surface area contributed by atoms with Crippen LogP contribution in [0.4, 0.5) is 5.69 Å². The van der Waals surface area contributed by atoms with Crippen molar-refractivity contribution >= 4 is 15.7 Å². The highest BCUT2D eigenvalue weighted by Gasteiger charge is 2.24. The fourth-order valence-corrected chi connectivity index (χ4v) is 2.74. The predicted molar refractivity (Wildman–Crippen MR) is 67.1 cm³/mol. The van der Waals surface area contributed by atoms with Crippen LogP contribution >= 0.6 is 0 Å². The van der Waals surface area contributed by atoms with Crippen molar-refractivity contribution < 1.29 is 13.2 Å². The van der Waals surface area contributed by atoms with Gasteiger partial charge in [0.15, 0.2) is 0 Å². The van der Waals surface area contributed by atoms with E-state index in [1.165, 1.54) is 23.5 Å². The number of methoxy groups -OCH3 is 1. The summed E-state index contributed by atoms with van der Waals surface area (Å²) < 4.78 is 30.6. The van der Waals surface area contributed by atoms with Crippen molar-refractivity contribution in [2.24, 2.45) is 0 Å². The van der Waals surface area contributed by atoms with Gasteiger partial charge >= 0.3 is 0 Å². The first-order chi connectivity index (χ1) is 7.89. The normalized spacial score (nSPS) is 13.9. The first kappa shape index (κ1) is 14.0. The van der Waals surface area contributed by atoms with Gasteiger partial charge in [0, 0.05) is 25.9 Å². The molecule has 0 saturated heterocycles. The Morgan fingerprint density at radius 3 is 2.35 bits per heavy atom. The predicted octanol–water partition coefficient (Wildman–Crippen LogP) is 0.924. The van der Waals surface area contributed by atoms with Crippen molar-refractivity contribution in [3.8, 4) is 0 Å². The van der Waals surface area contributed by atoms with E-state index >= 15 is 0 Å². The molecule has 0 fully saturated rings. The number of likely N-dealkylation sites (N-methyl/N-ethyl adjacent to an activating group) is 1. The third-order valence-electron chi connectivity index (χ3n) is 2.59. The molecule has 0 aliphatic carbocycles. The standard InChI is InChI=1S/C11H18N2O3S/c1-9(8-16-3)13(2)17(14,15)11-6-4-10(12)5-7-11/h4-7,9H,8,12H2,1-3H3. The van der Waals surface area contributed by atoms with Gasteiger partial charge in [-0.2, -0.15) is 4.31 Å². The summed E-state index contributed by atoms with van der Waals surface area (Å²) in [6.07, 6.45) is 0. The Balaban J connectivity index is 2.98. The summed E-state index contributed by atoms with van der Waals surface area (Å²) in [7, 11) is -0.400. The zero-order chi connectivity index (χ0) is 13.1. The van der Waals surface area contributed by atoms with Gasteiger partial charge in [-0.3, -0.25) is 0 Å². The van der Waals surface area contributed by atoms with Crippen molar-refractivity contribution in [3.63, 3.8) is 0 Å². The number of nitrogen functional groups attached to an aromatic ring is 1. The molecule has 0 saturated carbocycles. The van der Waals surface area contributed by atoms with Crippen LogP contribution in [-0.2, 0) is 14.8 Å². The van der Waals surface area contributed by atoms with Crippen molar-refractivity contribution in [2.75, 3.05) is 26.5 Å². The lowest BCUT2D eigenvalue weighted by atomic mass is 10.3. The molecule has 0 aromatic heterocycles. The largest absolute Gasteiger partial charge is 0.399 e. The van der Waals surface area contributed by atoms with E-state index in [4.69, 9.17) is 10.5 Å². The lowest BCUT2D eigenvalue weighted by Crippen LogP contribution is -2.37. The minimum absolute atomic E-state index is 0.220. The van der Waals surface area contributed by atoms with Crippen molar-refractivity contribution in [3.05, 3.63) is 24.3 Å². The molecule has 0 radical (unpaired) electrons. The van der Waals surface area contributed by atoms with Crippen LogP contribution in [0.1, 0.15) is 6.92 Å². The van der Waals surface area contributed by atoms with Gasteiger partial charge in [-0.05, 0) is 31.2 Å². The first-order valence-corrected chi connectivity index (χ1v) is 6.66. The quantitative estimate of drug-likeness (QED) is 0.797. The maximum absolute atomic E-state index is 12.2. The second kappa shape index (κ2) is 5.48. The number of sulfonamides is 1. The number of hydrogen-bond donors (Lipinski definition) is 1. The smallest absolute Gasteiger partial charge is 0.243 e. The molecule has 0 aliphatic heterocycles. The Morgan fingerprint density at radius 1 is 1.35 bits per heavy atom. The molecular formula is C11H18N2O3S. The molecule has 1 aromatic rings. The summed E-state index contributed by atoms with van der Waals surface area (Å²) in [6, 6.07) is 5.92. The summed E-state index contributed by atoms with van der Waals surface area (Å²) in [6.45, 7) is 2.14. The molecule has 96 valence electrons. The molecule has 1 rings (SSSR count). The third-order valence-corrected chi connectivity index (χ3v) is 4.57. The van der Waals surface area contributed by atoms with Gasteiger partial charge in [0.25, 0.3) is 0 Å². The number of ether oxygens (including phenoxy) is 1. The molecule has 2 N–H and O–H groups in total. The van der Waals surface area contributed by atoms with E-state index in [9.17, 15) is 8.42 Å². The molecule has 1 atom stereocenters. The zero-order valence-corrected chi connectivity index (χ0v) is 11.1. The first-order valence-electron chi connectivity index (χ1n) is 5.22. The molecule has 6 heteroatoms. The summed E-state index contributed by atoms with van der Waals surface area (Å²) in [5.41, 5.74) is 6.06. The van der Waals surface area contributed by atoms with Crippen molar-refractivity contribution in [1.82, 2.24) is 4.31 Å². The molecule has 1 aromatic carbocycles. The Labute approximate surface area is 102 Å². The molecule has 5 nitrogen and oxygen atoms in total. The van der Waals surface area contributed by atoms with Gasteiger partial charge in [0.05, 0.1) is 11.5 Å².